The summed E-state index contributed by atoms with van der Waals surface area (Å²) < 4.78 is 6.78. The van der Waals surface area contributed by atoms with Crippen LogP contribution in [0.1, 0.15) is 24.8 Å². The van der Waals surface area contributed by atoms with Crippen molar-refractivity contribution in [3.05, 3.63) is 34.3 Å². The second-order valence-corrected chi connectivity index (χ2v) is 5.59. The van der Waals surface area contributed by atoms with Crippen LogP contribution in [0.4, 0.5) is 0 Å². The van der Waals surface area contributed by atoms with E-state index >= 15 is 0 Å². The molecule has 1 saturated carbocycles. The van der Waals surface area contributed by atoms with Crippen LogP contribution in [-0.2, 0) is 11.2 Å². The SMILES string of the molecule is COC1(C(Cc2cccc(Br)c2)NN)CCC1. The van der Waals surface area contributed by atoms with E-state index in [0.29, 0.717) is 0 Å². The number of hydrogen-bond donors (Lipinski definition) is 2. The van der Waals surface area contributed by atoms with Crippen molar-refractivity contribution >= 4 is 15.9 Å². The fraction of sp³-hybridized carbons (Fsp3) is 0.538. The van der Waals surface area contributed by atoms with E-state index in [9.17, 15) is 0 Å². The average Bonchev–Trinajstić information content (AvgIpc) is 2.27. The number of rotatable bonds is 5. The van der Waals surface area contributed by atoms with Gasteiger partial charge in [-0.15, -0.1) is 0 Å². The van der Waals surface area contributed by atoms with Gasteiger partial charge in [0.1, 0.15) is 0 Å². The molecule has 94 valence electrons. The molecule has 1 unspecified atom stereocenters. The van der Waals surface area contributed by atoms with Crippen molar-refractivity contribution in [3.63, 3.8) is 0 Å². The zero-order valence-corrected chi connectivity index (χ0v) is 11.7. The topological polar surface area (TPSA) is 47.3 Å². The third kappa shape index (κ3) is 2.71. The van der Waals surface area contributed by atoms with Gasteiger partial charge in [0.15, 0.2) is 0 Å². The van der Waals surface area contributed by atoms with E-state index in [0.717, 1.165) is 23.7 Å². The van der Waals surface area contributed by atoms with Crippen LogP contribution in [0.25, 0.3) is 0 Å². The molecule has 1 atom stereocenters. The quantitative estimate of drug-likeness (QED) is 0.648. The number of hydrazine groups is 1. The van der Waals surface area contributed by atoms with E-state index in [1.54, 1.807) is 7.11 Å². The molecule has 3 N–H and O–H groups in total. The van der Waals surface area contributed by atoms with E-state index in [1.807, 2.05) is 12.1 Å². The fourth-order valence-electron chi connectivity index (χ4n) is 2.52. The van der Waals surface area contributed by atoms with Gasteiger partial charge in [0.2, 0.25) is 0 Å². The highest BCUT2D eigenvalue weighted by molar-refractivity contribution is 9.10. The lowest BCUT2D eigenvalue weighted by atomic mass is 9.73. The van der Waals surface area contributed by atoms with Crippen LogP contribution in [0.5, 0.6) is 0 Å². The number of nitrogens with one attached hydrogen (secondary N) is 1. The van der Waals surface area contributed by atoms with Gasteiger partial charge in [-0.05, 0) is 43.4 Å². The van der Waals surface area contributed by atoms with Crippen molar-refractivity contribution in [3.8, 4) is 0 Å². The lowest BCUT2D eigenvalue weighted by molar-refractivity contribution is -0.0982. The monoisotopic (exact) mass is 298 g/mol. The van der Waals surface area contributed by atoms with Gasteiger partial charge in [-0.1, -0.05) is 28.1 Å². The van der Waals surface area contributed by atoms with Gasteiger partial charge in [-0.2, -0.15) is 0 Å². The molecule has 1 aromatic rings. The number of nitrogens with two attached hydrogens (primary N) is 1. The molecule has 0 spiro atoms. The summed E-state index contributed by atoms with van der Waals surface area (Å²) in [5.74, 6) is 5.69. The van der Waals surface area contributed by atoms with Crippen LogP contribution < -0.4 is 11.3 Å². The second-order valence-electron chi connectivity index (χ2n) is 4.68. The molecule has 0 aromatic heterocycles. The number of halogens is 1. The largest absolute Gasteiger partial charge is 0.377 e. The minimum absolute atomic E-state index is 0.0724. The van der Waals surface area contributed by atoms with Crippen molar-refractivity contribution in [1.29, 1.82) is 0 Å². The Bertz CT molecular complexity index is 374. The average molecular weight is 299 g/mol. The molecule has 0 aliphatic heterocycles. The summed E-state index contributed by atoms with van der Waals surface area (Å²) in [6, 6.07) is 8.51. The van der Waals surface area contributed by atoms with Crippen LogP contribution in [0, 0.1) is 0 Å². The summed E-state index contributed by atoms with van der Waals surface area (Å²) >= 11 is 3.49. The molecular weight excluding hydrogens is 280 g/mol. The lowest BCUT2D eigenvalue weighted by Crippen LogP contribution is -2.59. The Morgan fingerprint density at radius 3 is 2.76 bits per heavy atom. The van der Waals surface area contributed by atoms with E-state index in [-0.39, 0.29) is 11.6 Å². The first kappa shape index (κ1) is 13.0. The van der Waals surface area contributed by atoms with E-state index in [2.05, 4.69) is 33.5 Å². The first-order chi connectivity index (χ1) is 8.20. The molecule has 0 bridgehead atoms. The van der Waals surface area contributed by atoms with Gasteiger partial charge in [-0.3, -0.25) is 11.3 Å². The molecular formula is C13H19BrN2O. The Labute approximate surface area is 111 Å². The Morgan fingerprint density at radius 2 is 2.29 bits per heavy atom. The van der Waals surface area contributed by atoms with Crippen molar-refractivity contribution in [2.75, 3.05) is 7.11 Å². The Morgan fingerprint density at radius 1 is 1.53 bits per heavy atom. The van der Waals surface area contributed by atoms with Gasteiger partial charge in [0, 0.05) is 11.6 Å². The smallest absolute Gasteiger partial charge is 0.0847 e. The Hall–Kier alpha value is -0.420. The van der Waals surface area contributed by atoms with Crippen molar-refractivity contribution in [2.45, 2.75) is 37.3 Å². The highest BCUT2D eigenvalue weighted by atomic mass is 79.9. The Balaban J connectivity index is 2.09. The third-order valence-electron chi connectivity index (χ3n) is 3.77. The van der Waals surface area contributed by atoms with Crippen LogP contribution in [0.15, 0.2) is 28.7 Å². The maximum Gasteiger partial charge on any atom is 0.0847 e. The summed E-state index contributed by atoms with van der Waals surface area (Å²) in [5.41, 5.74) is 4.12. The third-order valence-corrected chi connectivity index (χ3v) is 4.26. The minimum atomic E-state index is -0.0724. The van der Waals surface area contributed by atoms with Crippen molar-refractivity contribution < 1.29 is 4.74 Å². The minimum Gasteiger partial charge on any atom is -0.377 e. The van der Waals surface area contributed by atoms with Gasteiger partial charge in [-0.25, -0.2) is 0 Å². The number of hydrogen-bond acceptors (Lipinski definition) is 3. The van der Waals surface area contributed by atoms with Crippen LogP contribution in [0.2, 0.25) is 0 Å². The van der Waals surface area contributed by atoms with Crippen LogP contribution in [-0.4, -0.2) is 18.8 Å². The van der Waals surface area contributed by atoms with E-state index < -0.39 is 0 Å². The van der Waals surface area contributed by atoms with Crippen LogP contribution in [0.3, 0.4) is 0 Å². The molecule has 4 heteroatoms. The van der Waals surface area contributed by atoms with Crippen molar-refractivity contribution in [1.82, 2.24) is 5.43 Å². The molecule has 1 aliphatic carbocycles. The first-order valence-corrected chi connectivity index (χ1v) is 6.75. The van der Waals surface area contributed by atoms with Gasteiger partial charge < -0.3 is 4.74 Å². The standard InChI is InChI=1S/C13H19BrN2O/c1-17-13(6-3-7-13)12(16-15)9-10-4-2-5-11(14)8-10/h2,4-5,8,12,16H,3,6-7,9,15H2,1H3. The molecule has 0 saturated heterocycles. The number of benzene rings is 1. The number of methoxy groups -OCH3 is 1. The molecule has 2 rings (SSSR count). The van der Waals surface area contributed by atoms with Gasteiger partial charge >= 0.3 is 0 Å². The van der Waals surface area contributed by atoms with Gasteiger partial charge in [0.25, 0.3) is 0 Å². The molecule has 1 aromatic carbocycles. The lowest BCUT2D eigenvalue weighted by Gasteiger charge is -2.46. The summed E-state index contributed by atoms with van der Waals surface area (Å²) in [6.07, 6.45) is 4.30. The van der Waals surface area contributed by atoms with Crippen LogP contribution >= 0.6 is 15.9 Å². The zero-order valence-electron chi connectivity index (χ0n) is 10.1. The molecule has 0 heterocycles. The van der Waals surface area contributed by atoms with Crippen molar-refractivity contribution in [2.24, 2.45) is 5.84 Å². The molecule has 1 fully saturated rings. The predicted octanol–water partition coefficient (Wildman–Crippen LogP) is 2.39. The highest BCUT2D eigenvalue weighted by Gasteiger charge is 2.43. The normalized spacial score (nSPS) is 19.7. The maximum atomic E-state index is 5.69. The first-order valence-electron chi connectivity index (χ1n) is 5.96. The molecule has 17 heavy (non-hydrogen) atoms. The van der Waals surface area contributed by atoms with E-state index in [4.69, 9.17) is 10.6 Å². The Kier molecular flexibility index (Phi) is 4.20. The molecule has 0 amide bonds. The zero-order chi connectivity index (χ0) is 12.3. The summed E-state index contributed by atoms with van der Waals surface area (Å²) in [5, 5.41) is 0. The highest BCUT2D eigenvalue weighted by Crippen LogP contribution is 2.39. The molecule has 0 radical (unpaired) electrons. The summed E-state index contributed by atoms with van der Waals surface area (Å²) in [7, 11) is 1.78. The predicted molar refractivity (Wildman–Crippen MR) is 72.5 cm³/mol. The fourth-order valence-corrected chi connectivity index (χ4v) is 2.96. The molecule has 3 nitrogen and oxygen atoms in total. The maximum absolute atomic E-state index is 5.69. The second kappa shape index (κ2) is 5.48. The molecule has 1 aliphatic rings. The summed E-state index contributed by atoms with van der Waals surface area (Å²) in [6.45, 7) is 0. The number of ether oxygens (including phenoxy) is 1. The van der Waals surface area contributed by atoms with E-state index in [1.165, 1.54) is 12.0 Å². The summed E-state index contributed by atoms with van der Waals surface area (Å²) in [4.78, 5) is 0. The van der Waals surface area contributed by atoms with Gasteiger partial charge in [0.05, 0.1) is 11.6 Å².